The maximum atomic E-state index is 12.9. The normalized spacial score (nSPS) is 11.3. The molecule has 2 N–H and O–H groups in total. The Hall–Kier alpha value is -4.02. The smallest absolute Gasteiger partial charge is 0.416 e. The summed E-state index contributed by atoms with van der Waals surface area (Å²) in [6.45, 7) is 6.12. The molecule has 0 heterocycles. The van der Waals surface area contributed by atoms with Crippen molar-refractivity contribution >= 4 is 46.9 Å². The second kappa shape index (κ2) is 14.6. The predicted molar refractivity (Wildman–Crippen MR) is 153 cm³/mol. The minimum absolute atomic E-state index is 0.0834. The van der Waals surface area contributed by atoms with Gasteiger partial charge in [0.1, 0.15) is 13.0 Å². The number of hydrogen-bond acceptors (Lipinski definition) is 5. The van der Waals surface area contributed by atoms with E-state index >= 15 is 0 Å². The number of rotatable bonds is 12. The molecular weight excluding hydrogens is 582 g/mol. The van der Waals surface area contributed by atoms with E-state index in [2.05, 4.69) is 22.4 Å². The Bertz CT molecular complexity index is 1450. The molecule has 0 fully saturated rings. The van der Waals surface area contributed by atoms with Crippen LogP contribution in [0.1, 0.15) is 35.6 Å². The zero-order chi connectivity index (χ0) is 30.0. The lowest BCUT2D eigenvalue weighted by Crippen LogP contribution is -2.24. The molecule has 0 bridgehead atoms. The second-order valence-electron chi connectivity index (χ2n) is 8.55. The Labute approximate surface area is 244 Å². The van der Waals surface area contributed by atoms with Crippen LogP contribution in [0.3, 0.4) is 0 Å². The fourth-order valence-corrected chi connectivity index (χ4v) is 4.09. The fourth-order valence-electron chi connectivity index (χ4n) is 3.62. The third-order valence-electron chi connectivity index (χ3n) is 5.40. The third-order valence-corrected chi connectivity index (χ3v) is 5.99. The van der Waals surface area contributed by atoms with E-state index in [4.69, 9.17) is 32.7 Å². The first-order valence-electron chi connectivity index (χ1n) is 12.3. The Morgan fingerprint density at radius 2 is 1.80 bits per heavy atom. The number of alkyl halides is 3. The maximum absolute atomic E-state index is 12.9. The SMILES string of the molecule is C=CCc1cc(C=NNC(=O)CC(=O)Nc2cccc(C(F)(F)F)c2)cc(OCC)c1OCc1ccc(Cl)cc1Cl. The third kappa shape index (κ3) is 9.54. The van der Waals surface area contributed by atoms with Gasteiger partial charge in [-0.05, 0) is 61.4 Å². The van der Waals surface area contributed by atoms with E-state index in [-0.39, 0.29) is 12.3 Å². The van der Waals surface area contributed by atoms with Gasteiger partial charge in [-0.1, -0.05) is 41.4 Å². The molecule has 3 aromatic rings. The van der Waals surface area contributed by atoms with Gasteiger partial charge in [0.2, 0.25) is 11.8 Å². The predicted octanol–water partition coefficient (Wildman–Crippen LogP) is 7.20. The van der Waals surface area contributed by atoms with Crippen molar-refractivity contribution in [3.8, 4) is 11.5 Å². The minimum atomic E-state index is -4.56. The van der Waals surface area contributed by atoms with Crippen molar-refractivity contribution in [1.29, 1.82) is 0 Å². The second-order valence-corrected chi connectivity index (χ2v) is 9.40. The molecule has 0 saturated heterocycles. The van der Waals surface area contributed by atoms with E-state index in [1.165, 1.54) is 12.3 Å². The number of amides is 2. The van der Waals surface area contributed by atoms with Gasteiger partial charge in [0, 0.05) is 26.9 Å². The van der Waals surface area contributed by atoms with Crippen LogP contribution in [0.15, 0.2) is 72.4 Å². The number of allylic oxidation sites excluding steroid dienone is 1. The van der Waals surface area contributed by atoms with Crippen molar-refractivity contribution in [3.63, 3.8) is 0 Å². The van der Waals surface area contributed by atoms with E-state index in [9.17, 15) is 22.8 Å². The van der Waals surface area contributed by atoms with Crippen LogP contribution in [0.4, 0.5) is 18.9 Å². The maximum Gasteiger partial charge on any atom is 0.416 e. The first-order chi connectivity index (χ1) is 19.5. The van der Waals surface area contributed by atoms with Crippen molar-refractivity contribution in [2.24, 2.45) is 5.10 Å². The van der Waals surface area contributed by atoms with Gasteiger partial charge in [-0.2, -0.15) is 18.3 Å². The summed E-state index contributed by atoms with van der Waals surface area (Å²) in [6.07, 6.45) is -1.72. The van der Waals surface area contributed by atoms with Gasteiger partial charge >= 0.3 is 6.18 Å². The molecule has 216 valence electrons. The van der Waals surface area contributed by atoms with Gasteiger partial charge in [0.05, 0.1) is 18.4 Å². The van der Waals surface area contributed by atoms with Gasteiger partial charge < -0.3 is 14.8 Å². The number of carbonyl (C=O) groups excluding carboxylic acids is 2. The molecule has 0 aliphatic carbocycles. The van der Waals surface area contributed by atoms with Gasteiger partial charge in [0.25, 0.3) is 0 Å². The summed E-state index contributed by atoms with van der Waals surface area (Å²) in [7, 11) is 0. The van der Waals surface area contributed by atoms with E-state index < -0.39 is 30.0 Å². The molecule has 0 spiro atoms. The van der Waals surface area contributed by atoms with Crippen molar-refractivity contribution in [2.45, 2.75) is 32.5 Å². The topological polar surface area (TPSA) is 89.0 Å². The molecule has 7 nitrogen and oxygen atoms in total. The van der Waals surface area contributed by atoms with Crippen LogP contribution in [0.25, 0.3) is 0 Å². The van der Waals surface area contributed by atoms with Crippen molar-refractivity contribution in [2.75, 3.05) is 11.9 Å². The van der Waals surface area contributed by atoms with Crippen molar-refractivity contribution < 1.29 is 32.2 Å². The van der Waals surface area contributed by atoms with Gasteiger partial charge in [0.15, 0.2) is 11.5 Å². The van der Waals surface area contributed by atoms with Crippen LogP contribution in [-0.4, -0.2) is 24.6 Å². The Kier molecular flexibility index (Phi) is 11.2. The summed E-state index contributed by atoms with van der Waals surface area (Å²) in [4.78, 5) is 24.3. The summed E-state index contributed by atoms with van der Waals surface area (Å²) >= 11 is 12.2. The van der Waals surface area contributed by atoms with Gasteiger partial charge in [-0.3, -0.25) is 9.59 Å². The molecule has 0 atom stereocenters. The zero-order valence-corrected chi connectivity index (χ0v) is 23.4. The number of ether oxygens (including phenoxy) is 2. The van der Waals surface area contributed by atoms with Gasteiger partial charge in [-0.15, -0.1) is 6.58 Å². The molecular formula is C29H26Cl2F3N3O4. The summed E-state index contributed by atoms with van der Waals surface area (Å²) in [5, 5.41) is 7.12. The average Bonchev–Trinajstić information content (AvgIpc) is 2.89. The van der Waals surface area contributed by atoms with E-state index in [1.807, 2.05) is 6.92 Å². The van der Waals surface area contributed by atoms with Crippen LogP contribution >= 0.6 is 23.2 Å². The fraction of sp³-hybridized carbons (Fsp3) is 0.207. The number of nitrogens with zero attached hydrogens (tertiary/aromatic N) is 1. The lowest BCUT2D eigenvalue weighted by atomic mass is 10.1. The first-order valence-corrected chi connectivity index (χ1v) is 13.0. The summed E-state index contributed by atoms with van der Waals surface area (Å²) in [6, 6.07) is 12.7. The molecule has 3 rings (SSSR count). The molecule has 0 saturated carbocycles. The highest BCUT2D eigenvalue weighted by Crippen LogP contribution is 2.35. The molecule has 0 aromatic heterocycles. The number of benzene rings is 3. The van der Waals surface area contributed by atoms with Crippen LogP contribution in [0.5, 0.6) is 11.5 Å². The van der Waals surface area contributed by atoms with Gasteiger partial charge in [-0.25, -0.2) is 5.43 Å². The summed E-state index contributed by atoms with van der Waals surface area (Å²) in [5.74, 6) is -0.636. The minimum Gasteiger partial charge on any atom is -0.490 e. The monoisotopic (exact) mass is 607 g/mol. The Morgan fingerprint density at radius 1 is 1.02 bits per heavy atom. The highest BCUT2D eigenvalue weighted by Gasteiger charge is 2.30. The van der Waals surface area contributed by atoms with Crippen LogP contribution in [0.2, 0.25) is 10.0 Å². The average molecular weight is 608 g/mol. The summed E-state index contributed by atoms with van der Waals surface area (Å²) in [5.41, 5.74) is 3.26. The highest BCUT2D eigenvalue weighted by atomic mass is 35.5. The molecule has 41 heavy (non-hydrogen) atoms. The first kappa shape index (κ1) is 31.5. The Morgan fingerprint density at radius 3 is 2.49 bits per heavy atom. The number of hydrogen-bond donors (Lipinski definition) is 2. The quantitative estimate of drug-likeness (QED) is 0.0986. The van der Waals surface area contributed by atoms with E-state index in [1.54, 1.807) is 36.4 Å². The van der Waals surface area contributed by atoms with Crippen molar-refractivity contribution in [1.82, 2.24) is 5.43 Å². The molecule has 0 aliphatic rings. The zero-order valence-electron chi connectivity index (χ0n) is 21.9. The molecule has 2 amide bonds. The molecule has 12 heteroatoms. The van der Waals surface area contributed by atoms with Crippen LogP contribution in [-0.2, 0) is 28.8 Å². The van der Waals surface area contributed by atoms with Crippen LogP contribution < -0.4 is 20.2 Å². The lowest BCUT2D eigenvalue weighted by molar-refractivity contribution is -0.137. The summed E-state index contributed by atoms with van der Waals surface area (Å²) < 4.78 is 50.5. The molecule has 0 aliphatic heterocycles. The number of anilines is 1. The number of halogens is 5. The largest absolute Gasteiger partial charge is 0.490 e. The molecule has 0 unspecified atom stereocenters. The number of hydrazone groups is 1. The van der Waals surface area contributed by atoms with Crippen molar-refractivity contribution in [3.05, 3.63) is 99.6 Å². The highest BCUT2D eigenvalue weighted by molar-refractivity contribution is 6.35. The van der Waals surface area contributed by atoms with Crippen LogP contribution in [0, 0.1) is 0 Å². The number of carbonyl (C=O) groups is 2. The molecule has 3 aromatic carbocycles. The lowest BCUT2D eigenvalue weighted by Gasteiger charge is -2.17. The van der Waals surface area contributed by atoms with E-state index in [0.29, 0.717) is 40.1 Å². The standard InChI is InChI=1S/C29H26Cl2F3N3O4/c1-3-6-19-11-18(12-25(40-4-2)28(19)41-17-20-9-10-22(30)14-24(20)31)16-35-37-27(39)15-26(38)36-23-8-5-7-21(13-23)29(32,33)34/h3,5,7-14,16H,1,4,6,15,17H2,2H3,(H,36,38)(H,37,39). The number of nitrogens with one attached hydrogen (secondary N) is 2. The molecule has 0 radical (unpaired) electrons. The Balaban J connectivity index is 1.67. The van der Waals surface area contributed by atoms with E-state index in [0.717, 1.165) is 29.3 Å².